The van der Waals surface area contributed by atoms with Crippen molar-refractivity contribution in [3.8, 4) is 0 Å². The zero-order valence-corrected chi connectivity index (χ0v) is 44.1. The van der Waals surface area contributed by atoms with E-state index in [0.29, 0.717) is 0 Å². The molecule has 3 N–H and O–H groups in total. The molecule has 0 amide bonds. The van der Waals surface area contributed by atoms with Crippen molar-refractivity contribution in [1.29, 1.82) is 0 Å². The van der Waals surface area contributed by atoms with Crippen LogP contribution in [0.1, 0.15) is 101 Å². The van der Waals surface area contributed by atoms with Gasteiger partial charge in [-0.1, -0.05) is 154 Å². The third kappa shape index (κ3) is 17.4. The lowest BCUT2D eigenvalue weighted by molar-refractivity contribution is 0.795. The Morgan fingerprint density at radius 3 is 0.943 bits per heavy atom. The van der Waals surface area contributed by atoms with Gasteiger partial charge in [0.25, 0.3) is 0 Å². The zero-order valence-electron chi connectivity index (χ0n) is 42.5. The number of anilines is 9. The molecule has 0 heterocycles. The molecule has 8 aromatic rings. The standard InChI is InChI=1S/C42H48N2.C12H12N2.C10H13Br.CH3/c1-4-7-13-34-18-24-38(25-19-34)43(37-16-11-10-12-17-37)41-30-32-42(33-31-41)44(39-26-20-35(21-27-39)14-8-5-2)40-28-22-36(23-29-40)15-9-6-3;13-10-6-8-12(9-7-10)14-11-4-2-1-3-5-11;1-2-3-4-9-5-7-10(11)8-6-9;/h10-12,16-33H,4-9,13-15H2,1-3H3;1-9,14H,13H2;5-8H,2-4H2,1H3;1H3/q;;;-1. The maximum absolute atomic E-state index is 5.59. The van der Waals surface area contributed by atoms with Crippen molar-refractivity contribution in [3.05, 3.63) is 240 Å². The quantitative estimate of drug-likeness (QED) is 0.0590. The van der Waals surface area contributed by atoms with Crippen LogP contribution in [0.15, 0.2) is 211 Å². The minimum Gasteiger partial charge on any atom is -0.399 e. The summed E-state index contributed by atoms with van der Waals surface area (Å²) in [6.45, 7) is 8.98. The van der Waals surface area contributed by atoms with Crippen LogP contribution in [-0.2, 0) is 25.7 Å². The normalized spacial score (nSPS) is 10.4. The van der Waals surface area contributed by atoms with Crippen molar-refractivity contribution < 1.29 is 0 Å². The molecule has 5 heteroatoms. The molecule has 8 aromatic carbocycles. The van der Waals surface area contributed by atoms with Crippen molar-refractivity contribution in [3.63, 3.8) is 0 Å². The molecule has 0 radical (unpaired) electrons. The SMILES string of the molecule is CCCCc1ccc(Br)cc1.CCCCc1ccc(N(c2ccccc2)c2ccc(N(c3ccc(CCCC)cc3)c3ccc(CCCC)cc3)cc2)cc1.Nc1ccc(Nc2ccccc2)cc1.[CH3-]. The van der Waals surface area contributed by atoms with Gasteiger partial charge in [0.05, 0.1) is 0 Å². The number of nitrogens with two attached hydrogens (primary N) is 1. The Bertz CT molecular complexity index is 2540. The Labute approximate surface area is 430 Å². The Morgan fingerprint density at radius 1 is 0.343 bits per heavy atom. The maximum Gasteiger partial charge on any atom is 0.0463 e. The number of nitrogens with zero attached hydrogens (tertiary/aromatic N) is 2. The molecule has 0 bridgehead atoms. The largest absolute Gasteiger partial charge is 0.399 e. The van der Waals surface area contributed by atoms with Crippen molar-refractivity contribution in [2.24, 2.45) is 0 Å². The van der Waals surface area contributed by atoms with E-state index in [-0.39, 0.29) is 7.43 Å². The number of hydrogen-bond donors (Lipinski definition) is 2. The second-order valence-electron chi connectivity index (χ2n) is 17.7. The molecule has 4 nitrogen and oxygen atoms in total. The van der Waals surface area contributed by atoms with Crippen LogP contribution < -0.4 is 20.9 Å². The first-order valence-corrected chi connectivity index (χ1v) is 26.1. The average molecular weight is 993 g/mol. The van der Waals surface area contributed by atoms with E-state index in [9.17, 15) is 0 Å². The number of nitrogens with one attached hydrogen (secondary N) is 1. The van der Waals surface area contributed by atoms with Gasteiger partial charge < -0.3 is 28.3 Å². The number of halogens is 1. The summed E-state index contributed by atoms with van der Waals surface area (Å²) in [5.41, 5.74) is 21.1. The summed E-state index contributed by atoms with van der Waals surface area (Å²) in [7, 11) is 0. The number of hydrogen-bond acceptors (Lipinski definition) is 4. The van der Waals surface area contributed by atoms with Crippen LogP contribution in [0.5, 0.6) is 0 Å². The summed E-state index contributed by atoms with van der Waals surface area (Å²) < 4.78 is 1.16. The predicted octanol–water partition coefficient (Wildman–Crippen LogP) is 19.9. The second-order valence-corrected chi connectivity index (χ2v) is 18.6. The van der Waals surface area contributed by atoms with Gasteiger partial charge in [0.1, 0.15) is 0 Å². The first-order valence-electron chi connectivity index (χ1n) is 25.3. The molecule has 0 saturated heterocycles. The number of para-hydroxylation sites is 2. The number of benzene rings is 8. The topological polar surface area (TPSA) is 44.5 Å². The van der Waals surface area contributed by atoms with Gasteiger partial charge in [-0.05, 0) is 195 Å². The summed E-state index contributed by atoms with van der Waals surface area (Å²) in [5.74, 6) is 0. The van der Waals surface area contributed by atoms with Crippen molar-refractivity contribution in [2.75, 3.05) is 20.9 Å². The van der Waals surface area contributed by atoms with Crippen LogP contribution in [0.3, 0.4) is 0 Å². The number of unbranched alkanes of at least 4 members (excludes halogenated alkanes) is 4. The highest BCUT2D eigenvalue weighted by atomic mass is 79.9. The lowest BCUT2D eigenvalue weighted by Gasteiger charge is -2.28. The summed E-state index contributed by atoms with van der Waals surface area (Å²) in [6.07, 6.45) is 14.5. The molecule has 0 aliphatic rings. The molecule has 8 rings (SSSR count). The third-order valence-corrected chi connectivity index (χ3v) is 12.7. The van der Waals surface area contributed by atoms with E-state index < -0.39 is 0 Å². The minimum absolute atomic E-state index is 0. The molecule has 0 saturated carbocycles. The highest BCUT2D eigenvalue weighted by Gasteiger charge is 2.16. The average Bonchev–Trinajstić information content (AvgIpc) is 3.40. The maximum atomic E-state index is 5.59. The molecular formula is C65H76BrN4-. The molecule has 0 spiro atoms. The van der Waals surface area contributed by atoms with Gasteiger partial charge in [-0.15, -0.1) is 0 Å². The van der Waals surface area contributed by atoms with E-state index >= 15 is 0 Å². The van der Waals surface area contributed by atoms with Crippen LogP contribution >= 0.6 is 15.9 Å². The fourth-order valence-electron chi connectivity index (χ4n) is 8.09. The molecule has 0 aromatic heterocycles. The summed E-state index contributed by atoms with van der Waals surface area (Å²) >= 11 is 3.41. The van der Waals surface area contributed by atoms with Gasteiger partial charge in [-0.3, -0.25) is 0 Å². The lowest BCUT2D eigenvalue weighted by atomic mass is 10.1. The van der Waals surface area contributed by atoms with Crippen LogP contribution in [0.4, 0.5) is 51.2 Å². The van der Waals surface area contributed by atoms with Crippen LogP contribution in [0.25, 0.3) is 0 Å². The first kappa shape index (κ1) is 54.4. The molecular weight excluding hydrogens is 917 g/mol. The zero-order chi connectivity index (χ0) is 48.5. The summed E-state index contributed by atoms with van der Waals surface area (Å²) in [6, 6.07) is 73.4. The van der Waals surface area contributed by atoms with Crippen LogP contribution in [0.2, 0.25) is 0 Å². The van der Waals surface area contributed by atoms with Gasteiger partial charge in [0.2, 0.25) is 0 Å². The van der Waals surface area contributed by atoms with Crippen molar-refractivity contribution in [2.45, 2.75) is 105 Å². The number of nitrogen functional groups attached to an aromatic ring is 1. The van der Waals surface area contributed by atoms with E-state index in [2.05, 4.69) is 210 Å². The van der Waals surface area contributed by atoms with E-state index in [1.54, 1.807) is 0 Å². The van der Waals surface area contributed by atoms with E-state index in [0.717, 1.165) is 57.9 Å². The van der Waals surface area contributed by atoms with Gasteiger partial charge in [-0.2, -0.15) is 0 Å². The molecule has 364 valence electrons. The Balaban J connectivity index is 0.000000284. The molecule has 70 heavy (non-hydrogen) atoms. The molecule has 0 fully saturated rings. The third-order valence-electron chi connectivity index (χ3n) is 12.1. The first-order chi connectivity index (χ1) is 33.9. The summed E-state index contributed by atoms with van der Waals surface area (Å²) in [4.78, 5) is 4.73. The fraction of sp³-hybridized carbons (Fsp3) is 0.246. The Hall–Kier alpha value is -6.56. The Morgan fingerprint density at radius 2 is 0.614 bits per heavy atom. The fourth-order valence-corrected chi connectivity index (χ4v) is 8.35. The molecule has 0 aliphatic carbocycles. The van der Waals surface area contributed by atoms with Gasteiger partial charge in [0.15, 0.2) is 0 Å². The molecule has 0 aliphatic heterocycles. The number of aryl methyl sites for hydroxylation is 4. The van der Waals surface area contributed by atoms with Gasteiger partial charge in [-0.25, -0.2) is 0 Å². The molecule has 0 atom stereocenters. The Kier molecular flexibility index (Phi) is 23.4. The van der Waals surface area contributed by atoms with Crippen LogP contribution in [-0.4, -0.2) is 0 Å². The molecule has 0 unspecified atom stereocenters. The van der Waals surface area contributed by atoms with E-state index in [1.807, 2.05) is 54.6 Å². The number of rotatable bonds is 20. The van der Waals surface area contributed by atoms with Gasteiger partial charge in [0, 0.05) is 55.7 Å². The highest BCUT2D eigenvalue weighted by molar-refractivity contribution is 9.10. The van der Waals surface area contributed by atoms with E-state index in [4.69, 9.17) is 5.73 Å². The van der Waals surface area contributed by atoms with E-state index in [1.165, 1.54) is 97.1 Å². The summed E-state index contributed by atoms with van der Waals surface area (Å²) in [5, 5.41) is 3.28. The van der Waals surface area contributed by atoms with Crippen molar-refractivity contribution >= 4 is 67.1 Å². The monoisotopic (exact) mass is 992 g/mol. The second kappa shape index (κ2) is 30.1. The predicted molar refractivity (Wildman–Crippen MR) is 311 cm³/mol. The lowest BCUT2D eigenvalue weighted by Crippen LogP contribution is -2.12. The van der Waals surface area contributed by atoms with Crippen molar-refractivity contribution in [1.82, 2.24) is 0 Å². The van der Waals surface area contributed by atoms with Gasteiger partial charge >= 0.3 is 0 Å². The minimum atomic E-state index is 0. The smallest absolute Gasteiger partial charge is 0.0463 e. The van der Waals surface area contributed by atoms with Crippen LogP contribution in [0, 0.1) is 7.43 Å². The highest BCUT2D eigenvalue weighted by Crippen LogP contribution is 2.39.